The highest BCUT2D eigenvalue weighted by atomic mass is 35.5. The highest BCUT2D eigenvalue weighted by Gasteiger charge is 2.28. The first-order valence-electron chi connectivity index (χ1n) is 6.98. The Morgan fingerprint density at radius 2 is 2.17 bits per heavy atom. The lowest BCUT2D eigenvalue weighted by Crippen LogP contribution is -2.44. The van der Waals surface area contributed by atoms with E-state index in [9.17, 15) is 0 Å². The van der Waals surface area contributed by atoms with Crippen LogP contribution in [0.2, 0.25) is 5.02 Å². The maximum Gasteiger partial charge on any atom is 0.0488 e. The summed E-state index contributed by atoms with van der Waals surface area (Å²) in [6.07, 6.45) is 5.10. The van der Waals surface area contributed by atoms with Gasteiger partial charge in [-0.15, -0.1) is 0 Å². The molecule has 2 rings (SSSR count). The van der Waals surface area contributed by atoms with Crippen molar-refractivity contribution >= 4 is 11.6 Å². The molecule has 1 aliphatic heterocycles. The molecule has 1 aliphatic rings. The monoisotopic (exact) mass is 266 g/mol. The van der Waals surface area contributed by atoms with E-state index in [2.05, 4.69) is 24.0 Å². The van der Waals surface area contributed by atoms with Crippen molar-refractivity contribution in [2.75, 3.05) is 13.1 Å². The van der Waals surface area contributed by atoms with Crippen molar-refractivity contribution in [2.24, 2.45) is 5.73 Å². The summed E-state index contributed by atoms with van der Waals surface area (Å²) in [6.45, 7) is 4.05. The highest BCUT2D eigenvalue weighted by molar-refractivity contribution is 6.31. The van der Waals surface area contributed by atoms with E-state index >= 15 is 0 Å². The molecule has 1 fully saturated rings. The van der Waals surface area contributed by atoms with Crippen LogP contribution in [0.25, 0.3) is 0 Å². The van der Waals surface area contributed by atoms with Crippen molar-refractivity contribution in [3.05, 3.63) is 34.9 Å². The van der Waals surface area contributed by atoms with Gasteiger partial charge >= 0.3 is 0 Å². The van der Waals surface area contributed by atoms with Crippen LogP contribution in [0.5, 0.6) is 0 Å². The fourth-order valence-electron chi connectivity index (χ4n) is 3.06. The van der Waals surface area contributed by atoms with Gasteiger partial charge in [0.2, 0.25) is 0 Å². The van der Waals surface area contributed by atoms with E-state index in [1.165, 1.54) is 31.2 Å². The minimum Gasteiger partial charge on any atom is -0.329 e. The van der Waals surface area contributed by atoms with E-state index in [1.54, 1.807) is 0 Å². The van der Waals surface area contributed by atoms with Gasteiger partial charge in [0.05, 0.1) is 0 Å². The van der Waals surface area contributed by atoms with Crippen molar-refractivity contribution in [3.8, 4) is 0 Å². The van der Waals surface area contributed by atoms with E-state index in [0.717, 1.165) is 11.6 Å². The first-order chi connectivity index (χ1) is 8.77. The molecule has 0 aromatic heterocycles. The Morgan fingerprint density at radius 1 is 1.39 bits per heavy atom. The van der Waals surface area contributed by atoms with E-state index in [0.29, 0.717) is 12.6 Å². The number of halogens is 1. The topological polar surface area (TPSA) is 29.3 Å². The Morgan fingerprint density at radius 3 is 2.83 bits per heavy atom. The van der Waals surface area contributed by atoms with Crippen LogP contribution >= 0.6 is 11.6 Å². The van der Waals surface area contributed by atoms with Crippen molar-refractivity contribution in [1.82, 2.24) is 4.90 Å². The number of hydrogen-bond donors (Lipinski definition) is 1. The van der Waals surface area contributed by atoms with Crippen LogP contribution in [-0.2, 0) is 0 Å². The van der Waals surface area contributed by atoms with Crippen LogP contribution in [0.15, 0.2) is 24.3 Å². The van der Waals surface area contributed by atoms with Crippen LogP contribution in [0.1, 0.15) is 44.2 Å². The van der Waals surface area contributed by atoms with Crippen LogP contribution in [0.3, 0.4) is 0 Å². The largest absolute Gasteiger partial charge is 0.329 e. The lowest BCUT2D eigenvalue weighted by atomic mass is 9.95. The number of nitrogens with zero attached hydrogens (tertiary/aromatic N) is 1. The Kier molecular flexibility index (Phi) is 5.04. The molecule has 1 heterocycles. The molecule has 0 saturated carbocycles. The second-order valence-corrected chi connectivity index (χ2v) is 5.48. The van der Waals surface area contributed by atoms with E-state index in [4.69, 9.17) is 17.3 Å². The molecule has 2 atom stereocenters. The number of rotatable bonds is 4. The molecular formula is C15H23ClN2. The Hall–Kier alpha value is -0.570. The third-order valence-electron chi connectivity index (χ3n) is 4.03. The average molecular weight is 267 g/mol. The van der Waals surface area contributed by atoms with Gasteiger partial charge in [-0.05, 0) is 37.4 Å². The summed E-state index contributed by atoms with van der Waals surface area (Å²) in [4.78, 5) is 2.56. The smallest absolute Gasteiger partial charge is 0.0488 e. The lowest BCUT2D eigenvalue weighted by molar-refractivity contribution is 0.0950. The molecule has 0 aliphatic carbocycles. The second kappa shape index (κ2) is 6.55. The number of piperidine rings is 1. The molecule has 1 aromatic rings. The summed E-state index contributed by atoms with van der Waals surface area (Å²) < 4.78 is 0. The lowest BCUT2D eigenvalue weighted by Gasteiger charge is -2.41. The Balaban J connectivity index is 2.24. The SMILES string of the molecule is CCC1CCCCN1C(CN)c1ccccc1Cl. The average Bonchev–Trinajstić information content (AvgIpc) is 2.42. The zero-order valence-corrected chi connectivity index (χ0v) is 11.9. The van der Waals surface area contributed by atoms with Gasteiger partial charge in [0.1, 0.15) is 0 Å². The number of nitrogens with two attached hydrogens (primary N) is 1. The number of likely N-dealkylation sites (tertiary alicyclic amines) is 1. The molecule has 0 radical (unpaired) electrons. The minimum atomic E-state index is 0.268. The van der Waals surface area contributed by atoms with Gasteiger partial charge in [-0.25, -0.2) is 0 Å². The van der Waals surface area contributed by atoms with Crippen LogP contribution in [-0.4, -0.2) is 24.0 Å². The molecule has 0 amide bonds. The van der Waals surface area contributed by atoms with Gasteiger partial charge in [-0.3, -0.25) is 4.90 Å². The molecule has 0 bridgehead atoms. The van der Waals surface area contributed by atoms with E-state index < -0.39 is 0 Å². The Labute approximate surface area is 115 Å². The molecule has 3 heteroatoms. The van der Waals surface area contributed by atoms with Gasteiger partial charge in [-0.2, -0.15) is 0 Å². The summed E-state index contributed by atoms with van der Waals surface area (Å²) in [6, 6.07) is 9.03. The Bertz CT molecular complexity index is 381. The van der Waals surface area contributed by atoms with Crippen LogP contribution in [0.4, 0.5) is 0 Å². The highest BCUT2D eigenvalue weighted by Crippen LogP contribution is 2.32. The summed E-state index contributed by atoms with van der Waals surface area (Å²) in [5, 5.41) is 0.841. The minimum absolute atomic E-state index is 0.268. The maximum absolute atomic E-state index is 6.33. The summed E-state index contributed by atoms with van der Waals surface area (Å²) >= 11 is 6.33. The third kappa shape index (κ3) is 2.87. The normalized spacial score (nSPS) is 22.9. The van der Waals surface area contributed by atoms with Crippen molar-refractivity contribution in [2.45, 2.75) is 44.7 Å². The van der Waals surface area contributed by atoms with E-state index in [-0.39, 0.29) is 6.04 Å². The molecule has 100 valence electrons. The first-order valence-corrected chi connectivity index (χ1v) is 7.36. The van der Waals surface area contributed by atoms with Gasteiger partial charge in [-0.1, -0.05) is 43.1 Å². The standard InChI is InChI=1S/C15H23ClN2/c1-2-12-7-5-6-10-18(12)15(11-17)13-8-3-4-9-14(13)16/h3-4,8-9,12,15H,2,5-7,10-11,17H2,1H3. The summed E-state index contributed by atoms with van der Waals surface area (Å²) in [5.41, 5.74) is 7.20. The van der Waals surface area contributed by atoms with Gasteiger partial charge in [0.15, 0.2) is 0 Å². The molecule has 1 saturated heterocycles. The number of benzene rings is 1. The number of hydrogen-bond acceptors (Lipinski definition) is 2. The summed E-state index contributed by atoms with van der Waals surface area (Å²) in [5.74, 6) is 0. The van der Waals surface area contributed by atoms with Crippen LogP contribution in [0, 0.1) is 0 Å². The fraction of sp³-hybridized carbons (Fsp3) is 0.600. The molecule has 2 unspecified atom stereocenters. The first kappa shape index (κ1) is 13.9. The van der Waals surface area contributed by atoms with Crippen LogP contribution < -0.4 is 5.73 Å². The molecule has 18 heavy (non-hydrogen) atoms. The molecule has 2 N–H and O–H groups in total. The summed E-state index contributed by atoms with van der Waals surface area (Å²) in [7, 11) is 0. The van der Waals surface area contributed by atoms with Gasteiger partial charge < -0.3 is 5.73 Å². The maximum atomic E-state index is 6.33. The zero-order chi connectivity index (χ0) is 13.0. The predicted molar refractivity (Wildman–Crippen MR) is 77.9 cm³/mol. The molecule has 0 spiro atoms. The van der Waals surface area contributed by atoms with Crippen molar-refractivity contribution in [3.63, 3.8) is 0 Å². The zero-order valence-electron chi connectivity index (χ0n) is 11.1. The van der Waals surface area contributed by atoms with Gasteiger partial charge in [0.25, 0.3) is 0 Å². The quantitative estimate of drug-likeness (QED) is 0.902. The molecular weight excluding hydrogens is 244 g/mol. The van der Waals surface area contributed by atoms with Gasteiger partial charge in [0, 0.05) is 23.7 Å². The van der Waals surface area contributed by atoms with Crippen molar-refractivity contribution in [1.29, 1.82) is 0 Å². The third-order valence-corrected chi connectivity index (χ3v) is 4.38. The van der Waals surface area contributed by atoms with Crippen molar-refractivity contribution < 1.29 is 0 Å². The fourth-order valence-corrected chi connectivity index (χ4v) is 3.32. The van der Waals surface area contributed by atoms with E-state index in [1.807, 2.05) is 12.1 Å². The second-order valence-electron chi connectivity index (χ2n) is 5.07. The predicted octanol–water partition coefficient (Wildman–Crippen LogP) is 3.60. The molecule has 1 aromatic carbocycles. The molecule has 2 nitrogen and oxygen atoms in total.